The summed E-state index contributed by atoms with van der Waals surface area (Å²) < 4.78 is 0. The van der Waals surface area contributed by atoms with Gasteiger partial charge in [0.25, 0.3) is 0 Å². The lowest BCUT2D eigenvalue weighted by atomic mass is 9.92. The standard InChI is InChI=1S/C16H18N2O2/c1-11-10-13(8-9-14(11)19)18-15(20)16(2,17)12-6-4-3-5-7-12/h3-10,19H,17H2,1-2H3,(H,18,20). The minimum atomic E-state index is -1.12. The zero-order chi connectivity index (χ0) is 14.8. The SMILES string of the molecule is Cc1cc(NC(=O)C(C)(N)c2ccccc2)ccc1O. The van der Waals surface area contributed by atoms with Gasteiger partial charge in [-0.3, -0.25) is 4.79 Å². The number of anilines is 1. The number of carbonyl (C=O) groups is 1. The van der Waals surface area contributed by atoms with Crippen LogP contribution in [0, 0.1) is 6.92 Å². The van der Waals surface area contributed by atoms with Crippen molar-refractivity contribution in [3.05, 3.63) is 59.7 Å². The molecule has 1 unspecified atom stereocenters. The second kappa shape index (κ2) is 5.35. The monoisotopic (exact) mass is 270 g/mol. The van der Waals surface area contributed by atoms with Gasteiger partial charge in [0.1, 0.15) is 11.3 Å². The number of amides is 1. The van der Waals surface area contributed by atoms with Gasteiger partial charge in [-0.25, -0.2) is 0 Å². The van der Waals surface area contributed by atoms with Crippen molar-refractivity contribution in [3.8, 4) is 5.75 Å². The lowest BCUT2D eigenvalue weighted by Crippen LogP contribution is -2.45. The van der Waals surface area contributed by atoms with Gasteiger partial charge in [-0.1, -0.05) is 30.3 Å². The minimum Gasteiger partial charge on any atom is -0.508 e. The summed E-state index contributed by atoms with van der Waals surface area (Å²) in [6.45, 7) is 3.44. The molecule has 1 amide bonds. The van der Waals surface area contributed by atoms with Gasteiger partial charge < -0.3 is 16.2 Å². The van der Waals surface area contributed by atoms with E-state index in [4.69, 9.17) is 5.73 Å². The summed E-state index contributed by atoms with van der Waals surface area (Å²) in [5.41, 5.74) is 7.07. The van der Waals surface area contributed by atoms with Gasteiger partial charge in [-0.2, -0.15) is 0 Å². The summed E-state index contributed by atoms with van der Waals surface area (Å²) in [5.74, 6) is -0.102. The molecule has 0 aliphatic rings. The lowest BCUT2D eigenvalue weighted by molar-refractivity contribution is -0.120. The first-order valence-corrected chi connectivity index (χ1v) is 6.37. The number of hydrogen-bond acceptors (Lipinski definition) is 3. The van der Waals surface area contributed by atoms with Crippen molar-refractivity contribution < 1.29 is 9.90 Å². The largest absolute Gasteiger partial charge is 0.508 e. The van der Waals surface area contributed by atoms with Crippen molar-refractivity contribution in [2.24, 2.45) is 5.73 Å². The van der Waals surface area contributed by atoms with Crippen molar-refractivity contribution in [3.63, 3.8) is 0 Å². The van der Waals surface area contributed by atoms with E-state index in [2.05, 4.69) is 5.32 Å². The minimum absolute atomic E-state index is 0.196. The van der Waals surface area contributed by atoms with E-state index < -0.39 is 5.54 Å². The molecular weight excluding hydrogens is 252 g/mol. The number of nitrogens with two attached hydrogens (primary N) is 1. The highest BCUT2D eigenvalue weighted by atomic mass is 16.3. The van der Waals surface area contributed by atoms with Gasteiger partial charge in [-0.05, 0) is 43.2 Å². The van der Waals surface area contributed by atoms with Crippen LogP contribution in [-0.4, -0.2) is 11.0 Å². The molecule has 0 spiro atoms. The van der Waals surface area contributed by atoms with Gasteiger partial charge >= 0.3 is 0 Å². The molecule has 2 aromatic carbocycles. The summed E-state index contributed by atoms with van der Waals surface area (Å²) in [6, 6.07) is 14.1. The number of benzene rings is 2. The molecule has 0 bridgehead atoms. The molecule has 104 valence electrons. The maximum absolute atomic E-state index is 12.3. The maximum atomic E-state index is 12.3. The molecular formula is C16H18N2O2. The van der Waals surface area contributed by atoms with Crippen molar-refractivity contribution in [1.29, 1.82) is 0 Å². The molecule has 4 heteroatoms. The average Bonchev–Trinajstić information content (AvgIpc) is 2.44. The van der Waals surface area contributed by atoms with E-state index >= 15 is 0 Å². The van der Waals surface area contributed by atoms with Crippen LogP contribution >= 0.6 is 0 Å². The van der Waals surface area contributed by atoms with Crippen LogP contribution in [0.5, 0.6) is 5.75 Å². The van der Waals surface area contributed by atoms with Crippen LogP contribution in [0.2, 0.25) is 0 Å². The molecule has 0 aromatic heterocycles. The fourth-order valence-corrected chi connectivity index (χ4v) is 1.91. The van der Waals surface area contributed by atoms with Crippen LogP contribution < -0.4 is 11.1 Å². The quantitative estimate of drug-likeness (QED) is 0.750. The Morgan fingerprint density at radius 1 is 1.20 bits per heavy atom. The van der Waals surface area contributed by atoms with Crippen LogP contribution in [0.4, 0.5) is 5.69 Å². The number of aryl methyl sites for hydroxylation is 1. The van der Waals surface area contributed by atoms with E-state index in [1.54, 1.807) is 32.0 Å². The number of phenols is 1. The first kappa shape index (κ1) is 14.1. The smallest absolute Gasteiger partial charge is 0.248 e. The Hall–Kier alpha value is -2.33. The first-order valence-electron chi connectivity index (χ1n) is 6.37. The van der Waals surface area contributed by atoms with Crippen LogP contribution in [0.25, 0.3) is 0 Å². The first-order chi connectivity index (χ1) is 9.41. The highest BCUT2D eigenvalue weighted by Crippen LogP contribution is 2.23. The van der Waals surface area contributed by atoms with E-state index in [1.807, 2.05) is 30.3 Å². The summed E-state index contributed by atoms with van der Waals surface area (Å²) in [4.78, 5) is 12.3. The van der Waals surface area contributed by atoms with E-state index in [1.165, 1.54) is 0 Å². The van der Waals surface area contributed by atoms with Crippen LogP contribution in [-0.2, 0) is 10.3 Å². The topological polar surface area (TPSA) is 75.4 Å². The van der Waals surface area contributed by atoms with Crippen LogP contribution in [0.3, 0.4) is 0 Å². The zero-order valence-electron chi connectivity index (χ0n) is 11.6. The molecule has 0 saturated carbocycles. The highest BCUT2D eigenvalue weighted by molar-refractivity contribution is 5.98. The van der Waals surface area contributed by atoms with Crippen molar-refractivity contribution >= 4 is 11.6 Å². The Morgan fingerprint density at radius 2 is 1.85 bits per heavy atom. The van der Waals surface area contributed by atoms with Crippen LogP contribution in [0.15, 0.2) is 48.5 Å². The molecule has 0 fully saturated rings. The van der Waals surface area contributed by atoms with Crippen molar-refractivity contribution in [2.75, 3.05) is 5.32 Å². The Balaban J connectivity index is 2.21. The number of nitrogens with one attached hydrogen (secondary N) is 1. The van der Waals surface area contributed by atoms with Gasteiger partial charge in [0, 0.05) is 5.69 Å². The van der Waals surface area contributed by atoms with E-state index in [0.29, 0.717) is 11.3 Å². The molecule has 2 aromatic rings. The molecule has 0 radical (unpaired) electrons. The fourth-order valence-electron chi connectivity index (χ4n) is 1.91. The molecule has 0 heterocycles. The van der Waals surface area contributed by atoms with Gasteiger partial charge in [0.05, 0.1) is 0 Å². The lowest BCUT2D eigenvalue weighted by Gasteiger charge is -2.24. The molecule has 0 saturated heterocycles. The van der Waals surface area contributed by atoms with Gasteiger partial charge in [0.15, 0.2) is 0 Å². The fraction of sp³-hybridized carbons (Fsp3) is 0.188. The molecule has 0 aliphatic heterocycles. The Kier molecular flexibility index (Phi) is 3.77. The molecule has 4 N–H and O–H groups in total. The average molecular weight is 270 g/mol. The zero-order valence-corrected chi connectivity index (χ0v) is 11.6. The Bertz CT molecular complexity index is 622. The summed E-state index contributed by atoms with van der Waals surface area (Å²) in [7, 11) is 0. The second-order valence-electron chi connectivity index (χ2n) is 5.02. The number of rotatable bonds is 3. The summed E-state index contributed by atoms with van der Waals surface area (Å²) >= 11 is 0. The van der Waals surface area contributed by atoms with Crippen molar-refractivity contribution in [2.45, 2.75) is 19.4 Å². The molecule has 4 nitrogen and oxygen atoms in total. The number of aromatic hydroxyl groups is 1. The summed E-state index contributed by atoms with van der Waals surface area (Å²) in [5, 5.41) is 12.3. The predicted octanol–water partition coefficient (Wildman–Crippen LogP) is 2.51. The molecule has 2 rings (SSSR count). The van der Waals surface area contributed by atoms with Gasteiger partial charge in [0.2, 0.25) is 5.91 Å². The van der Waals surface area contributed by atoms with E-state index in [-0.39, 0.29) is 11.7 Å². The number of hydrogen-bond donors (Lipinski definition) is 3. The van der Waals surface area contributed by atoms with E-state index in [9.17, 15) is 9.90 Å². The maximum Gasteiger partial charge on any atom is 0.248 e. The second-order valence-corrected chi connectivity index (χ2v) is 5.02. The molecule has 1 atom stereocenters. The Labute approximate surface area is 118 Å². The van der Waals surface area contributed by atoms with Crippen molar-refractivity contribution in [1.82, 2.24) is 0 Å². The van der Waals surface area contributed by atoms with E-state index in [0.717, 1.165) is 5.56 Å². The third-order valence-electron chi connectivity index (χ3n) is 3.30. The Morgan fingerprint density at radius 3 is 2.45 bits per heavy atom. The van der Waals surface area contributed by atoms with Crippen LogP contribution in [0.1, 0.15) is 18.1 Å². The third-order valence-corrected chi connectivity index (χ3v) is 3.30. The normalized spacial score (nSPS) is 13.6. The molecule has 0 aliphatic carbocycles. The number of phenolic OH excluding ortho intramolecular Hbond substituents is 1. The van der Waals surface area contributed by atoms with Gasteiger partial charge in [-0.15, -0.1) is 0 Å². The predicted molar refractivity (Wildman–Crippen MR) is 79.5 cm³/mol. The summed E-state index contributed by atoms with van der Waals surface area (Å²) in [6.07, 6.45) is 0. The molecule has 20 heavy (non-hydrogen) atoms. The third kappa shape index (κ3) is 2.81. The highest BCUT2D eigenvalue weighted by Gasteiger charge is 2.30. The number of carbonyl (C=O) groups excluding carboxylic acids is 1.